The Bertz CT molecular complexity index is 438. The molecule has 2 fully saturated rings. The highest BCUT2D eigenvalue weighted by molar-refractivity contribution is 7.15. The van der Waals surface area contributed by atoms with Gasteiger partial charge in [-0.2, -0.15) is 0 Å². The summed E-state index contributed by atoms with van der Waals surface area (Å²) in [6.07, 6.45) is 3.17. The van der Waals surface area contributed by atoms with E-state index in [0.717, 1.165) is 45.3 Å². The summed E-state index contributed by atoms with van der Waals surface area (Å²) in [5, 5.41) is 0.677. The van der Waals surface area contributed by atoms with Crippen molar-refractivity contribution in [3.8, 4) is 0 Å². The molecule has 0 bridgehead atoms. The van der Waals surface area contributed by atoms with Crippen LogP contribution in [0.5, 0.6) is 0 Å². The number of halogens is 1. The lowest BCUT2D eigenvalue weighted by molar-refractivity contribution is 0.0101. The van der Waals surface area contributed by atoms with Crippen molar-refractivity contribution in [2.45, 2.75) is 25.9 Å². The molecule has 2 atom stereocenters. The Morgan fingerprint density at radius 3 is 2.76 bits per heavy atom. The zero-order valence-corrected chi connectivity index (χ0v) is 14.2. The lowest BCUT2D eigenvalue weighted by atomic mass is 9.99. The van der Waals surface area contributed by atoms with Gasteiger partial charge in [0.1, 0.15) is 0 Å². The number of nitrogens with zero attached hydrogens (tertiary/aromatic N) is 3. The average Bonchev–Trinajstić information content (AvgIpc) is 3.06. The van der Waals surface area contributed by atoms with Crippen LogP contribution >= 0.6 is 23.7 Å². The predicted molar refractivity (Wildman–Crippen MR) is 89.0 cm³/mol. The molecule has 7 heteroatoms. The third-order valence-electron chi connectivity index (χ3n) is 4.47. The van der Waals surface area contributed by atoms with Crippen molar-refractivity contribution in [2.75, 3.05) is 45.1 Å². The van der Waals surface area contributed by atoms with Gasteiger partial charge in [-0.15, -0.1) is 23.7 Å². The van der Waals surface area contributed by atoms with E-state index in [4.69, 9.17) is 10.5 Å². The van der Waals surface area contributed by atoms with Gasteiger partial charge < -0.3 is 10.5 Å². The number of hydrogen-bond donors (Lipinski definition) is 1. The molecule has 0 aromatic carbocycles. The fourth-order valence-electron chi connectivity index (χ4n) is 3.41. The molecule has 5 nitrogen and oxygen atoms in total. The maximum Gasteiger partial charge on any atom is 0.180 e. The van der Waals surface area contributed by atoms with Crippen LogP contribution in [-0.2, 0) is 11.3 Å². The van der Waals surface area contributed by atoms with E-state index >= 15 is 0 Å². The van der Waals surface area contributed by atoms with Gasteiger partial charge in [-0.25, -0.2) is 4.98 Å². The molecular formula is C14H25ClN4OS. The number of anilines is 1. The molecule has 2 saturated heterocycles. The molecule has 0 saturated carbocycles. The fourth-order valence-corrected chi connectivity index (χ4v) is 4.14. The van der Waals surface area contributed by atoms with E-state index in [9.17, 15) is 0 Å². The second-order valence-electron chi connectivity index (χ2n) is 5.74. The van der Waals surface area contributed by atoms with Crippen molar-refractivity contribution in [2.24, 2.45) is 5.92 Å². The van der Waals surface area contributed by atoms with Crippen LogP contribution in [0.4, 0.5) is 5.13 Å². The van der Waals surface area contributed by atoms with E-state index < -0.39 is 0 Å². The van der Waals surface area contributed by atoms with Crippen LogP contribution in [0, 0.1) is 5.92 Å². The Kier molecular flexibility index (Phi) is 6.25. The number of nitrogen functional groups attached to an aromatic ring is 1. The van der Waals surface area contributed by atoms with Gasteiger partial charge in [0.15, 0.2) is 5.13 Å². The second-order valence-corrected chi connectivity index (χ2v) is 6.89. The fraction of sp³-hybridized carbons (Fsp3) is 0.786. The Hall–Kier alpha value is -0.400. The van der Waals surface area contributed by atoms with Gasteiger partial charge >= 0.3 is 0 Å². The van der Waals surface area contributed by atoms with Gasteiger partial charge in [-0.3, -0.25) is 9.80 Å². The lowest BCUT2D eigenvalue weighted by Crippen LogP contribution is -2.47. The van der Waals surface area contributed by atoms with Crippen LogP contribution in [-0.4, -0.2) is 60.2 Å². The van der Waals surface area contributed by atoms with Crippen LogP contribution in [0.3, 0.4) is 0 Å². The molecular weight excluding hydrogens is 308 g/mol. The molecule has 0 spiro atoms. The molecule has 2 unspecified atom stereocenters. The summed E-state index contributed by atoms with van der Waals surface area (Å²) in [6, 6.07) is 0.689. The van der Waals surface area contributed by atoms with Crippen LogP contribution in [0.15, 0.2) is 6.20 Å². The first-order chi connectivity index (χ1) is 9.76. The molecule has 3 heterocycles. The zero-order chi connectivity index (χ0) is 13.9. The molecule has 0 amide bonds. The van der Waals surface area contributed by atoms with E-state index in [0.29, 0.717) is 11.2 Å². The van der Waals surface area contributed by atoms with Crippen LogP contribution in [0.2, 0.25) is 0 Å². The Morgan fingerprint density at radius 1 is 1.38 bits per heavy atom. The number of aromatic nitrogens is 1. The van der Waals surface area contributed by atoms with Gasteiger partial charge in [0.05, 0.1) is 13.2 Å². The van der Waals surface area contributed by atoms with Crippen LogP contribution < -0.4 is 5.73 Å². The average molecular weight is 333 g/mol. The first-order valence-corrected chi connectivity index (χ1v) is 8.32. The lowest BCUT2D eigenvalue weighted by Gasteiger charge is -2.34. The van der Waals surface area contributed by atoms with Crippen molar-refractivity contribution >= 4 is 28.9 Å². The monoisotopic (exact) mass is 332 g/mol. The molecule has 2 N–H and O–H groups in total. The number of morpholine rings is 1. The highest BCUT2D eigenvalue weighted by Gasteiger charge is 2.36. The first-order valence-electron chi connectivity index (χ1n) is 7.50. The normalized spacial score (nSPS) is 27.7. The van der Waals surface area contributed by atoms with Crippen LogP contribution in [0.25, 0.3) is 0 Å². The number of ether oxygens (including phenoxy) is 1. The molecule has 0 aliphatic carbocycles. The second kappa shape index (κ2) is 7.74. The topological polar surface area (TPSA) is 54.6 Å². The van der Waals surface area contributed by atoms with Gasteiger partial charge in [0.25, 0.3) is 0 Å². The van der Waals surface area contributed by atoms with E-state index in [1.54, 1.807) is 11.3 Å². The molecule has 2 aliphatic rings. The molecule has 2 aliphatic heterocycles. The van der Waals surface area contributed by atoms with E-state index in [1.807, 2.05) is 6.20 Å². The minimum Gasteiger partial charge on any atom is -0.379 e. The maximum absolute atomic E-state index is 5.72. The van der Waals surface area contributed by atoms with Crippen molar-refractivity contribution in [3.63, 3.8) is 0 Å². The Balaban J connectivity index is 0.00000161. The van der Waals surface area contributed by atoms with Crippen LogP contribution in [0.1, 0.15) is 18.2 Å². The van der Waals surface area contributed by atoms with E-state index in [1.165, 1.54) is 17.8 Å². The largest absolute Gasteiger partial charge is 0.379 e. The van der Waals surface area contributed by atoms with Crippen molar-refractivity contribution in [1.29, 1.82) is 0 Å². The summed E-state index contributed by atoms with van der Waals surface area (Å²) in [7, 11) is 0. The van der Waals surface area contributed by atoms with Gasteiger partial charge in [0.2, 0.25) is 0 Å². The van der Waals surface area contributed by atoms with E-state index in [2.05, 4.69) is 21.7 Å². The third kappa shape index (κ3) is 4.07. The minimum atomic E-state index is 0. The van der Waals surface area contributed by atoms with Gasteiger partial charge in [-0.1, -0.05) is 13.3 Å². The van der Waals surface area contributed by atoms with Crippen molar-refractivity contribution < 1.29 is 4.74 Å². The van der Waals surface area contributed by atoms with Crippen molar-refractivity contribution in [1.82, 2.24) is 14.8 Å². The third-order valence-corrected chi connectivity index (χ3v) is 5.28. The van der Waals surface area contributed by atoms with Crippen molar-refractivity contribution in [3.05, 3.63) is 11.1 Å². The van der Waals surface area contributed by atoms with E-state index in [-0.39, 0.29) is 12.4 Å². The molecule has 3 rings (SSSR count). The standard InChI is InChI=1S/C14H24N4OS.ClH/c1-2-11-8-17(9-12-7-16-14(15)20-12)10-13(11)18-3-5-19-6-4-18;/h7,11,13H,2-6,8-10H2,1H3,(H2,15,16);1H. The number of thiazole rings is 1. The summed E-state index contributed by atoms with van der Waals surface area (Å²) < 4.78 is 5.48. The first kappa shape index (κ1) is 17.0. The maximum atomic E-state index is 5.72. The highest BCUT2D eigenvalue weighted by Crippen LogP contribution is 2.28. The SMILES string of the molecule is CCC1CN(Cc2cnc(N)s2)CC1N1CCOCC1.Cl. The molecule has 0 radical (unpaired) electrons. The summed E-state index contributed by atoms with van der Waals surface area (Å²) in [5.41, 5.74) is 5.72. The highest BCUT2D eigenvalue weighted by atomic mass is 35.5. The van der Waals surface area contributed by atoms with Gasteiger partial charge in [0, 0.05) is 49.8 Å². The zero-order valence-electron chi connectivity index (χ0n) is 12.5. The Morgan fingerprint density at radius 2 is 2.14 bits per heavy atom. The summed E-state index contributed by atoms with van der Waals surface area (Å²) in [4.78, 5) is 10.6. The summed E-state index contributed by atoms with van der Waals surface area (Å²) in [5.74, 6) is 0.776. The molecule has 1 aromatic rings. The number of likely N-dealkylation sites (tertiary alicyclic amines) is 1. The molecule has 120 valence electrons. The minimum absolute atomic E-state index is 0. The smallest absolute Gasteiger partial charge is 0.180 e. The number of rotatable bonds is 4. The summed E-state index contributed by atoms with van der Waals surface area (Å²) in [6.45, 7) is 9.60. The number of hydrogen-bond acceptors (Lipinski definition) is 6. The molecule has 21 heavy (non-hydrogen) atoms. The predicted octanol–water partition coefficient (Wildman–Crippen LogP) is 1.69. The number of nitrogens with two attached hydrogens (primary N) is 1. The Labute approximate surface area is 136 Å². The quantitative estimate of drug-likeness (QED) is 0.909. The van der Waals surface area contributed by atoms with Gasteiger partial charge in [-0.05, 0) is 5.92 Å². The molecule has 1 aromatic heterocycles. The summed E-state index contributed by atoms with van der Waals surface area (Å²) >= 11 is 1.61.